The molecule has 0 aliphatic carbocycles. The molecule has 0 radical (unpaired) electrons. The molecular formula is C62H122NO7+. The number of carboxylic acids is 1. The van der Waals surface area contributed by atoms with Crippen LogP contribution in [-0.2, 0) is 28.6 Å². The molecular weight excluding hydrogens is 871 g/mol. The van der Waals surface area contributed by atoms with E-state index in [-0.39, 0.29) is 36.2 Å². The van der Waals surface area contributed by atoms with Crippen LogP contribution in [0.1, 0.15) is 328 Å². The van der Waals surface area contributed by atoms with Gasteiger partial charge in [0.25, 0.3) is 0 Å². The molecule has 8 nitrogen and oxygen atoms in total. The number of nitrogens with zero attached hydrogens (tertiary/aromatic N) is 1. The summed E-state index contributed by atoms with van der Waals surface area (Å²) in [7, 11) is 5.57. The Kier molecular flexibility index (Phi) is 52.3. The largest absolute Gasteiger partial charge is 0.477 e. The second-order valence-electron chi connectivity index (χ2n) is 22.7. The molecule has 0 saturated heterocycles. The van der Waals surface area contributed by atoms with Gasteiger partial charge in [-0.3, -0.25) is 9.59 Å². The number of rotatable bonds is 58. The molecule has 0 aromatic heterocycles. The fraction of sp³-hybridized carbons (Fsp3) is 0.952. The second-order valence-corrected chi connectivity index (χ2v) is 22.7. The summed E-state index contributed by atoms with van der Waals surface area (Å²) >= 11 is 0. The Morgan fingerprint density at radius 3 is 0.886 bits per heavy atom. The van der Waals surface area contributed by atoms with Gasteiger partial charge in [-0.25, -0.2) is 4.79 Å². The molecule has 1 N–H and O–H groups in total. The Balaban J connectivity index is 4.06. The lowest BCUT2D eigenvalue weighted by Crippen LogP contribution is -2.50. The van der Waals surface area contributed by atoms with Crippen molar-refractivity contribution in [3.8, 4) is 0 Å². The zero-order valence-electron chi connectivity index (χ0n) is 47.8. The van der Waals surface area contributed by atoms with E-state index in [9.17, 15) is 19.5 Å². The van der Waals surface area contributed by atoms with Crippen molar-refractivity contribution in [1.29, 1.82) is 0 Å². The Hall–Kier alpha value is -1.67. The minimum absolute atomic E-state index is 0.0407. The van der Waals surface area contributed by atoms with E-state index in [1.807, 2.05) is 21.1 Å². The average molecular weight is 994 g/mol. The lowest BCUT2D eigenvalue weighted by molar-refractivity contribution is -0.887. The Labute approximate surface area is 436 Å². The molecule has 2 atom stereocenters. The summed E-state index contributed by atoms with van der Waals surface area (Å²) in [4.78, 5) is 37.3. The van der Waals surface area contributed by atoms with E-state index in [0.29, 0.717) is 19.3 Å². The molecule has 0 rings (SSSR count). The monoisotopic (exact) mass is 993 g/mol. The number of esters is 2. The Bertz CT molecular complexity index is 1110. The first-order valence-corrected chi connectivity index (χ1v) is 31.1. The maximum atomic E-state index is 12.9. The number of hydrogen-bond acceptors (Lipinski definition) is 6. The van der Waals surface area contributed by atoms with Crippen LogP contribution >= 0.6 is 0 Å². The first-order chi connectivity index (χ1) is 34.1. The smallest absolute Gasteiger partial charge is 0.362 e. The van der Waals surface area contributed by atoms with Crippen LogP contribution in [0.25, 0.3) is 0 Å². The van der Waals surface area contributed by atoms with Crippen LogP contribution in [0.2, 0.25) is 0 Å². The van der Waals surface area contributed by atoms with Gasteiger partial charge < -0.3 is 23.8 Å². The molecule has 0 saturated carbocycles. The molecule has 2 unspecified atom stereocenters. The molecule has 0 fully saturated rings. The van der Waals surface area contributed by atoms with E-state index in [1.54, 1.807) is 0 Å². The number of carbonyl (C=O) groups is 3. The summed E-state index contributed by atoms with van der Waals surface area (Å²) in [5, 5.41) is 9.69. The topological polar surface area (TPSA) is 99.1 Å². The maximum absolute atomic E-state index is 12.9. The Morgan fingerprint density at radius 2 is 0.629 bits per heavy atom. The molecule has 0 heterocycles. The Morgan fingerprint density at radius 1 is 0.371 bits per heavy atom. The quantitative estimate of drug-likeness (QED) is 0.0368. The number of aliphatic carboxylic acids is 1. The van der Waals surface area contributed by atoms with Gasteiger partial charge in [0, 0.05) is 19.3 Å². The first kappa shape index (κ1) is 68.3. The third kappa shape index (κ3) is 51.2. The van der Waals surface area contributed by atoms with E-state index in [0.717, 1.165) is 38.5 Å². The van der Waals surface area contributed by atoms with E-state index in [2.05, 4.69) is 13.8 Å². The van der Waals surface area contributed by atoms with Crippen LogP contribution in [0.5, 0.6) is 0 Å². The average Bonchev–Trinajstić information content (AvgIpc) is 3.33. The molecule has 0 aromatic carbocycles. The van der Waals surface area contributed by atoms with Crippen molar-refractivity contribution in [2.24, 2.45) is 0 Å². The molecule has 8 heteroatoms. The zero-order valence-corrected chi connectivity index (χ0v) is 47.8. The molecule has 0 aliphatic rings. The standard InChI is InChI=1S/C62H121NO7/c1-6-8-10-12-14-16-18-20-22-24-26-28-30-32-34-36-38-40-42-44-46-48-50-52-60(64)69-57-58(56-68-55-54-59(62(66)67)63(3,4)5)70-61(65)53-51-49-47-45-43-41-39-37-35-33-31-29-27-25-23-21-19-17-15-13-11-9-7-2/h58-59H,6-57H2,1-5H3/p+1. The van der Waals surface area contributed by atoms with Crippen molar-refractivity contribution in [2.45, 2.75) is 341 Å². The van der Waals surface area contributed by atoms with Gasteiger partial charge in [0.05, 0.1) is 34.4 Å². The molecule has 0 aliphatic heterocycles. The van der Waals surface area contributed by atoms with E-state index in [4.69, 9.17) is 14.2 Å². The highest BCUT2D eigenvalue weighted by molar-refractivity contribution is 5.72. The predicted molar refractivity (Wildman–Crippen MR) is 299 cm³/mol. The molecule has 0 aromatic rings. The fourth-order valence-electron chi connectivity index (χ4n) is 9.98. The van der Waals surface area contributed by atoms with Crippen molar-refractivity contribution in [3.05, 3.63) is 0 Å². The van der Waals surface area contributed by atoms with E-state index < -0.39 is 18.1 Å². The van der Waals surface area contributed by atoms with Crippen LogP contribution in [0.4, 0.5) is 0 Å². The number of unbranched alkanes of at least 4 members (excludes halogenated alkanes) is 44. The normalized spacial score (nSPS) is 12.6. The molecule has 0 amide bonds. The summed E-state index contributed by atoms with van der Waals surface area (Å²) in [5.74, 6) is -1.43. The van der Waals surface area contributed by atoms with Gasteiger partial charge in [-0.15, -0.1) is 0 Å². The van der Waals surface area contributed by atoms with Gasteiger partial charge in [-0.2, -0.15) is 0 Å². The number of hydrogen-bond donors (Lipinski definition) is 1. The molecule has 0 bridgehead atoms. The highest BCUT2D eigenvalue weighted by Gasteiger charge is 2.31. The highest BCUT2D eigenvalue weighted by Crippen LogP contribution is 2.19. The summed E-state index contributed by atoms with van der Waals surface area (Å²) in [5.41, 5.74) is 0. The fourth-order valence-corrected chi connectivity index (χ4v) is 9.98. The number of carboxylic acid groups (broad SMARTS) is 1. The van der Waals surface area contributed by atoms with Gasteiger partial charge in [-0.05, 0) is 12.8 Å². The van der Waals surface area contributed by atoms with Crippen molar-refractivity contribution >= 4 is 17.9 Å². The number of carbonyl (C=O) groups excluding carboxylic acids is 2. The maximum Gasteiger partial charge on any atom is 0.362 e. The van der Waals surface area contributed by atoms with E-state index >= 15 is 0 Å². The number of quaternary nitrogens is 1. The number of likely N-dealkylation sites (N-methyl/N-ethyl adjacent to an activating group) is 1. The molecule has 416 valence electrons. The van der Waals surface area contributed by atoms with Crippen molar-refractivity contribution < 1.29 is 38.2 Å². The van der Waals surface area contributed by atoms with Gasteiger partial charge in [0.2, 0.25) is 0 Å². The van der Waals surface area contributed by atoms with Crippen LogP contribution in [0.3, 0.4) is 0 Å². The van der Waals surface area contributed by atoms with Crippen LogP contribution in [0.15, 0.2) is 0 Å². The van der Waals surface area contributed by atoms with Crippen molar-refractivity contribution in [1.82, 2.24) is 0 Å². The third-order valence-electron chi connectivity index (χ3n) is 14.8. The minimum atomic E-state index is -0.867. The summed E-state index contributed by atoms with van der Waals surface area (Å²) in [6.07, 6.45) is 61.8. The predicted octanol–water partition coefficient (Wildman–Crippen LogP) is 18.8. The lowest BCUT2D eigenvalue weighted by atomic mass is 10.0. The lowest BCUT2D eigenvalue weighted by Gasteiger charge is -2.31. The van der Waals surface area contributed by atoms with Gasteiger partial charge in [0.15, 0.2) is 12.1 Å². The van der Waals surface area contributed by atoms with Gasteiger partial charge >= 0.3 is 17.9 Å². The number of ether oxygens (including phenoxy) is 3. The minimum Gasteiger partial charge on any atom is -0.477 e. The van der Waals surface area contributed by atoms with Crippen LogP contribution in [-0.4, -0.2) is 80.6 Å². The SMILES string of the molecule is CCCCCCCCCCCCCCCCCCCCCCCCCC(=O)OCC(COCCC(C(=O)O)[N+](C)(C)C)OC(=O)CCCCCCCCCCCCCCCCCCCCCCCCC. The second kappa shape index (κ2) is 53.6. The summed E-state index contributed by atoms with van der Waals surface area (Å²) in [6.45, 7) is 4.83. The van der Waals surface area contributed by atoms with Crippen LogP contribution < -0.4 is 0 Å². The van der Waals surface area contributed by atoms with Crippen molar-refractivity contribution in [3.63, 3.8) is 0 Å². The van der Waals surface area contributed by atoms with Gasteiger partial charge in [-0.1, -0.05) is 296 Å². The highest BCUT2D eigenvalue weighted by atomic mass is 16.6. The van der Waals surface area contributed by atoms with Gasteiger partial charge in [0.1, 0.15) is 6.61 Å². The van der Waals surface area contributed by atoms with Crippen molar-refractivity contribution in [2.75, 3.05) is 41.0 Å². The van der Waals surface area contributed by atoms with Crippen LogP contribution in [0, 0.1) is 0 Å². The summed E-state index contributed by atoms with van der Waals surface area (Å²) < 4.78 is 17.5. The molecule has 70 heavy (non-hydrogen) atoms. The third-order valence-corrected chi connectivity index (χ3v) is 14.8. The first-order valence-electron chi connectivity index (χ1n) is 31.1. The zero-order chi connectivity index (χ0) is 51.3. The van der Waals surface area contributed by atoms with E-state index in [1.165, 1.54) is 257 Å². The summed E-state index contributed by atoms with van der Waals surface area (Å²) in [6, 6.07) is -0.610. The molecule has 0 spiro atoms.